The zero-order valence-electron chi connectivity index (χ0n) is 21.3. The number of nitrogens with zero attached hydrogens (tertiary/aromatic N) is 2. The Bertz CT molecular complexity index is 1280. The minimum absolute atomic E-state index is 0.246. The molecule has 0 heterocycles. The Labute approximate surface area is 214 Å². The Morgan fingerprint density at radius 1 is 0.694 bits per heavy atom. The predicted molar refractivity (Wildman–Crippen MR) is 153 cm³/mol. The summed E-state index contributed by atoms with van der Waals surface area (Å²) in [5, 5.41) is 4.22. The highest BCUT2D eigenvalue weighted by molar-refractivity contribution is 7.67. The fourth-order valence-corrected chi connectivity index (χ4v) is 6.40. The van der Waals surface area contributed by atoms with E-state index in [1.54, 1.807) is 0 Å². The molecule has 5 nitrogen and oxygen atoms in total. The monoisotopic (exact) mass is 499 g/mol. The lowest BCUT2D eigenvalue weighted by molar-refractivity contribution is 0.305. The molecule has 0 aliphatic rings. The van der Waals surface area contributed by atoms with Gasteiger partial charge in [0.15, 0.2) is 0 Å². The molecule has 6 heteroatoms. The maximum absolute atomic E-state index is 15.1. The third-order valence-electron chi connectivity index (χ3n) is 6.13. The van der Waals surface area contributed by atoms with Gasteiger partial charge < -0.3 is 19.6 Å². The number of hydrogen-bond acceptors (Lipinski definition) is 5. The Morgan fingerprint density at radius 3 is 1.72 bits per heavy atom. The first kappa shape index (κ1) is 25.6. The molecule has 0 bridgehead atoms. The highest BCUT2D eigenvalue weighted by Crippen LogP contribution is 2.59. The number of benzene rings is 4. The molecular weight excluding hydrogens is 465 g/mol. The summed E-state index contributed by atoms with van der Waals surface area (Å²) in [5.74, 6) is -0.579. The maximum atomic E-state index is 15.1. The van der Waals surface area contributed by atoms with E-state index >= 15 is 4.57 Å². The molecule has 0 saturated heterocycles. The van der Waals surface area contributed by atoms with Crippen molar-refractivity contribution >= 4 is 29.7 Å². The van der Waals surface area contributed by atoms with E-state index in [9.17, 15) is 0 Å². The predicted octanol–water partition coefficient (Wildman–Crippen LogP) is 6.75. The molecule has 0 aromatic heterocycles. The zero-order valence-corrected chi connectivity index (χ0v) is 22.2. The number of rotatable bonds is 10. The van der Waals surface area contributed by atoms with Gasteiger partial charge in [-0.25, -0.2) is 0 Å². The number of nitrogens with one attached hydrogen (secondary N) is 1. The highest BCUT2D eigenvalue weighted by Gasteiger charge is 2.38. The van der Waals surface area contributed by atoms with Crippen molar-refractivity contribution in [3.05, 3.63) is 120 Å². The lowest BCUT2D eigenvalue weighted by Crippen LogP contribution is -2.21. The van der Waals surface area contributed by atoms with Gasteiger partial charge in [-0.05, 0) is 59.7 Å². The van der Waals surface area contributed by atoms with Gasteiger partial charge in [-0.1, -0.05) is 60.7 Å². The Morgan fingerprint density at radius 2 is 1.19 bits per heavy atom. The summed E-state index contributed by atoms with van der Waals surface area (Å²) in [6.45, 7) is 0.246. The van der Waals surface area contributed by atoms with Crippen LogP contribution in [0.5, 0.6) is 0 Å². The first-order valence-corrected chi connectivity index (χ1v) is 13.7. The van der Waals surface area contributed by atoms with Crippen molar-refractivity contribution in [1.82, 2.24) is 0 Å². The van der Waals surface area contributed by atoms with Crippen LogP contribution in [0.15, 0.2) is 109 Å². The van der Waals surface area contributed by atoms with E-state index in [2.05, 4.69) is 10.2 Å². The quantitative estimate of drug-likeness (QED) is 0.245. The molecule has 2 unspecified atom stereocenters. The van der Waals surface area contributed by atoms with Crippen LogP contribution in [0.25, 0.3) is 0 Å². The normalized spacial score (nSPS) is 13.4. The van der Waals surface area contributed by atoms with E-state index < -0.39 is 13.2 Å². The molecule has 2 atom stereocenters. The molecule has 0 aliphatic carbocycles. The molecule has 0 radical (unpaired) electrons. The van der Waals surface area contributed by atoms with Gasteiger partial charge in [0, 0.05) is 50.6 Å². The van der Waals surface area contributed by atoms with Crippen LogP contribution in [-0.2, 0) is 15.7 Å². The molecule has 4 rings (SSSR count). The van der Waals surface area contributed by atoms with Crippen molar-refractivity contribution in [3.8, 4) is 0 Å². The lowest BCUT2D eigenvalue weighted by atomic mass is 10.2. The SMILES string of the molecule is CN(C)c1ccc(C(Nc2ccccc2)P(=O)(OCc2ccccc2)c2ccc(N(C)C)cc2)cc1. The smallest absolute Gasteiger partial charge is 0.258 e. The average molecular weight is 500 g/mol. The molecule has 0 amide bonds. The number of anilines is 3. The van der Waals surface area contributed by atoms with Crippen LogP contribution in [0.2, 0.25) is 0 Å². The third-order valence-corrected chi connectivity index (χ3v) is 8.77. The van der Waals surface area contributed by atoms with Crippen LogP contribution < -0.4 is 20.4 Å². The minimum atomic E-state index is -3.47. The van der Waals surface area contributed by atoms with Gasteiger partial charge >= 0.3 is 0 Å². The van der Waals surface area contributed by atoms with Crippen molar-refractivity contribution < 1.29 is 9.09 Å². The first-order valence-electron chi connectivity index (χ1n) is 12.0. The minimum Gasteiger partial charge on any atom is -0.378 e. The topological polar surface area (TPSA) is 44.8 Å². The molecular formula is C30H34N3O2P. The summed E-state index contributed by atoms with van der Waals surface area (Å²) in [7, 11) is 4.54. The maximum Gasteiger partial charge on any atom is 0.258 e. The van der Waals surface area contributed by atoms with Crippen molar-refractivity contribution in [2.45, 2.75) is 12.4 Å². The summed E-state index contributed by atoms with van der Waals surface area (Å²) in [4.78, 5) is 4.08. The van der Waals surface area contributed by atoms with Crippen molar-refractivity contribution in [1.29, 1.82) is 0 Å². The summed E-state index contributed by atoms with van der Waals surface area (Å²) in [5.41, 5.74) is 4.87. The molecule has 0 fully saturated rings. The van der Waals surface area contributed by atoms with Crippen LogP contribution in [0.3, 0.4) is 0 Å². The second-order valence-electron chi connectivity index (χ2n) is 9.17. The highest BCUT2D eigenvalue weighted by atomic mass is 31.2. The van der Waals surface area contributed by atoms with Crippen LogP contribution in [-0.4, -0.2) is 28.2 Å². The third kappa shape index (κ3) is 5.99. The zero-order chi connectivity index (χ0) is 25.5. The van der Waals surface area contributed by atoms with Gasteiger partial charge in [-0.15, -0.1) is 0 Å². The summed E-state index contributed by atoms with van der Waals surface area (Å²) in [6.07, 6.45) is 0. The van der Waals surface area contributed by atoms with Crippen molar-refractivity contribution in [2.24, 2.45) is 0 Å². The summed E-state index contributed by atoms with van der Waals surface area (Å²) >= 11 is 0. The Hall–Kier alpha value is -3.53. The van der Waals surface area contributed by atoms with Crippen LogP contribution in [0.1, 0.15) is 16.9 Å². The van der Waals surface area contributed by atoms with E-state index in [1.165, 1.54) is 0 Å². The molecule has 4 aromatic carbocycles. The molecule has 36 heavy (non-hydrogen) atoms. The second-order valence-corrected chi connectivity index (χ2v) is 11.7. The fraction of sp³-hybridized carbons (Fsp3) is 0.200. The first-order chi connectivity index (χ1) is 17.4. The van der Waals surface area contributed by atoms with Crippen molar-refractivity contribution in [3.63, 3.8) is 0 Å². The molecule has 0 spiro atoms. The number of para-hydroxylation sites is 1. The molecule has 0 aliphatic heterocycles. The average Bonchev–Trinajstić information content (AvgIpc) is 2.91. The van der Waals surface area contributed by atoms with E-state index in [0.717, 1.165) is 28.2 Å². The van der Waals surface area contributed by atoms with Gasteiger partial charge in [-0.3, -0.25) is 4.57 Å². The molecule has 1 N–H and O–H groups in total. The number of hydrogen-bond donors (Lipinski definition) is 1. The second kappa shape index (κ2) is 11.5. The largest absolute Gasteiger partial charge is 0.378 e. The van der Waals surface area contributed by atoms with Gasteiger partial charge in [-0.2, -0.15) is 0 Å². The summed E-state index contributed by atoms with van der Waals surface area (Å²) in [6, 6.07) is 35.7. The van der Waals surface area contributed by atoms with Crippen LogP contribution in [0.4, 0.5) is 17.1 Å². The van der Waals surface area contributed by atoms with Gasteiger partial charge in [0.1, 0.15) is 5.78 Å². The Kier molecular flexibility index (Phi) is 8.14. The van der Waals surface area contributed by atoms with Gasteiger partial charge in [0.05, 0.1) is 6.61 Å². The Balaban J connectivity index is 1.81. The molecule has 0 saturated carbocycles. The van der Waals surface area contributed by atoms with Crippen LogP contribution >= 0.6 is 7.37 Å². The fourth-order valence-electron chi connectivity index (χ4n) is 4.01. The van der Waals surface area contributed by atoms with Crippen LogP contribution in [0, 0.1) is 0 Å². The molecule has 4 aromatic rings. The standard InChI is InChI=1S/C30H34N3O2P/c1-32(2)27-17-15-25(16-18-27)30(31-26-13-9-6-10-14-26)36(34,35-23-24-11-7-5-8-12-24)29-21-19-28(20-22-29)33(3)4/h5-22,30-31H,23H2,1-4H3. The summed E-state index contributed by atoms with van der Waals surface area (Å²) < 4.78 is 21.5. The van der Waals surface area contributed by atoms with E-state index in [-0.39, 0.29) is 6.61 Å². The van der Waals surface area contributed by atoms with E-state index in [4.69, 9.17) is 4.52 Å². The van der Waals surface area contributed by atoms with E-state index in [1.807, 2.05) is 142 Å². The van der Waals surface area contributed by atoms with Crippen molar-refractivity contribution in [2.75, 3.05) is 43.3 Å². The lowest BCUT2D eigenvalue weighted by Gasteiger charge is -2.30. The molecule has 186 valence electrons. The van der Waals surface area contributed by atoms with Gasteiger partial charge in [0.25, 0.3) is 7.37 Å². The van der Waals surface area contributed by atoms with E-state index in [0.29, 0.717) is 5.30 Å². The van der Waals surface area contributed by atoms with Gasteiger partial charge in [0.2, 0.25) is 0 Å².